The van der Waals surface area contributed by atoms with Crippen molar-refractivity contribution in [1.82, 2.24) is 5.32 Å². The molecule has 98 valence electrons. The molecule has 0 saturated carbocycles. The molecule has 0 heterocycles. The Hall–Kier alpha value is -2.20. The summed E-state index contributed by atoms with van der Waals surface area (Å²) in [5, 5.41) is 6.29. The van der Waals surface area contributed by atoms with Crippen molar-refractivity contribution in [2.75, 3.05) is 18.1 Å². The normalized spacial score (nSPS) is 10.0. The van der Waals surface area contributed by atoms with Gasteiger partial charge in [0.15, 0.2) is 0 Å². The van der Waals surface area contributed by atoms with Crippen LogP contribution in [0, 0.1) is 0 Å². The van der Waals surface area contributed by atoms with Gasteiger partial charge in [0.2, 0.25) is 0 Å². The van der Waals surface area contributed by atoms with Crippen LogP contribution in [0.4, 0.5) is 17.1 Å². The van der Waals surface area contributed by atoms with Crippen molar-refractivity contribution in [3.05, 3.63) is 53.1 Å². The van der Waals surface area contributed by atoms with E-state index in [0.29, 0.717) is 22.0 Å². The smallest absolute Gasteiger partial charge is 0.253 e. The Bertz CT molecular complexity index is 613. The van der Waals surface area contributed by atoms with E-state index in [1.165, 1.54) is 0 Å². The quantitative estimate of drug-likeness (QED) is 0.754. The number of para-hydroxylation sites is 1. The van der Waals surface area contributed by atoms with Crippen LogP contribution in [0.15, 0.2) is 42.5 Å². The molecule has 0 aromatic heterocycles. The number of rotatable bonds is 3. The van der Waals surface area contributed by atoms with E-state index in [-0.39, 0.29) is 5.91 Å². The van der Waals surface area contributed by atoms with Crippen LogP contribution in [0.25, 0.3) is 0 Å². The fourth-order valence-corrected chi connectivity index (χ4v) is 1.89. The molecule has 0 aliphatic rings. The summed E-state index contributed by atoms with van der Waals surface area (Å²) in [6.07, 6.45) is 0. The van der Waals surface area contributed by atoms with Crippen LogP contribution in [0.1, 0.15) is 10.4 Å². The van der Waals surface area contributed by atoms with Gasteiger partial charge < -0.3 is 16.4 Å². The highest BCUT2D eigenvalue weighted by molar-refractivity contribution is 6.33. The molecule has 0 unspecified atom stereocenters. The minimum absolute atomic E-state index is 0.186. The largest absolute Gasteiger partial charge is 0.399 e. The van der Waals surface area contributed by atoms with Crippen LogP contribution in [0.5, 0.6) is 0 Å². The van der Waals surface area contributed by atoms with Crippen molar-refractivity contribution in [1.29, 1.82) is 0 Å². The third-order valence-corrected chi connectivity index (χ3v) is 2.99. The first kappa shape index (κ1) is 13.2. The molecule has 4 nitrogen and oxygen atoms in total. The number of halogens is 1. The average molecular weight is 276 g/mol. The lowest BCUT2D eigenvalue weighted by Crippen LogP contribution is -2.19. The Labute approximate surface area is 116 Å². The van der Waals surface area contributed by atoms with Gasteiger partial charge >= 0.3 is 0 Å². The van der Waals surface area contributed by atoms with E-state index < -0.39 is 0 Å². The maximum atomic E-state index is 11.8. The number of anilines is 3. The van der Waals surface area contributed by atoms with Crippen molar-refractivity contribution in [3.63, 3.8) is 0 Å². The first-order chi connectivity index (χ1) is 9.11. The van der Waals surface area contributed by atoms with Gasteiger partial charge in [0, 0.05) is 12.7 Å². The molecule has 0 aliphatic heterocycles. The van der Waals surface area contributed by atoms with E-state index in [0.717, 1.165) is 5.69 Å². The van der Waals surface area contributed by atoms with Crippen LogP contribution in [-0.4, -0.2) is 13.0 Å². The number of carbonyl (C=O) groups excluding carboxylic acids is 1. The molecule has 2 aromatic rings. The van der Waals surface area contributed by atoms with Crippen molar-refractivity contribution in [3.8, 4) is 0 Å². The van der Waals surface area contributed by atoms with Gasteiger partial charge in [-0.25, -0.2) is 0 Å². The second-order valence-corrected chi connectivity index (χ2v) is 4.40. The second-order valence-electron chi connectivity index (χ2n) is 3.99. The molecule has 0 fully saturated rings. The van der Waals surface area contributed by atoms with Crippen molar-refractivity contribution in [2.45, 2.75) is 0 Å². The van der Waals surface area contributed by atoms with Crippen LogP contribution in [0.3, 0.4) is 0 Å². The molecular weight excluding hydrogens is 262 g/mol. The number of nitrogens with two attached hydrogens (primary N) is 1. The number of carbonyl (C=O) groups is 1. The summed E-state index contributed by atoms with van der Waals surface area (Å²) >= 11 is 6.09. The van der Waals surface area contributed by atoms with Crippen molar-refractivity contribution < 1.29 is 4.79 Å². The number of hydrogen-bond acceptors (Lipinski definition) is 3. The number of benzene rings is 2. The number of amides is 1. The molecule has 19 heavy (non-hydrogen) atoms. The number of nitrogens with one attached hydrogen (secondary N) is 2. The predicted molar refractivity (Wildman–Crippen MR) is 79.0 cm³/mol. The van der Waals surface area contributed by atoms with Gasteiger partial charge in [0.05, 0.1) is 22.0 Å². The van der Waals surface area contributed by atoms with E-state index in [1.54, 1.807) is 31.3 Å². The summed E-state index contributed by atoms with van der Waals surface area (Å²) in [7, 11) is 1.58. The molecule has 0 atom stereocenters. The van der Waals surface area contributed by atoms with Crippen LogP contribution >= 0.6 is 11.6 Å². The zero-order chi connectivity index (χ0) is 13.8. The second kappa shape index (κ2) is 5.63. The molecule has 0 radical (unpaired) electrons. The summed E-state index contributed by atoms with van der Waals surface area (Å²) < 4.78 is 0. The molecule has 0 aliphatic carbocycles. The van der Waals surface area contributed by atoms with Crippen LogP contribution in [0.2, 0.25) is 5.02 Å². The summed E-state index contributed by atoms with van der Waals surface area (Å²) in [6.45, 7) is 0. The van der Waals surface area contributed by atoms with Gasteiger partial charge in [-0.2, -0.15) is 0 Å². The average Bonchev–Trinajstić information content (AvgIpc) is 2.41. The first-order valence-electron chi connectivity index (χ1n) is 5.75. The number of nitrogen functional groups attached to an aromatic ring is 1. The zero-order valence-corrected chi connectivity index (χ0v) is 11.2. The summed E-state index contributed by atoms with van der Waals surface area (Å²) in [4.78, 5) is 11.8. The van der Waals surface area contributed by atoms with Gasteiger partial charge in [-0.3, -0.25) is 4.79 Å². The van der Waals surface area contributed by atoms with Crippen molar-refractivity contribution in [2.24, 2.45) is 0 Å². The van der Waals surface area contributed by atoms with E-state index in [9.17, 15) is 4.79 Å². The predicted octanol–water partition coefficient (Wildman–Crippen LogP) is 3.03. The lowest BCUT2D eigenvalue weighted by Gasteiger charge is -2.13. The third-order valence-electron chi connectivity index (χ3n) is 2.66. The highest BCUT2D eigenvalue weighted by Gasteiger charge is 2.11. The lowest BCUT2D eigenvalue weighted by molar-refractivity contribution is 0.0964. The highest BCUT2D eigenvalue weighted by Crippen LogP contribution is 2.28. The van der Waals surface area contributed by atoms with E-state index >= 15 is 0 Å². The minimum atomic E-state index is -0.186. The van der Waals surface area contributed by atoms with E-state index in [1.807, 2.05) is 18.2 Å². The minimum Gasteiger partial charge on any atom is -0.399 e. The molecule has 0 spiro atoms. The van der Waals surface area contributed by atoms with Gasteiger partial charge in [-0.1, -0.05) is 23.7 Å². The van der Waals surface area contributed by atoms with E-state index in [4.69, 9.17) is 17.3 Å². The molecule has 0 bridgehead atoms. The molecule has 2 rings (SSSR count). The maximum Gasteiger partial charge on any atom is 0.253 e. The topological polar surface area (TPSA) is 67.2 Å². The molecular formula is C14H14ClN3O. The summed E-state index contributed by atoms with van der Waals surface area (Å²) in [5.41, 5.74) is 8.18. The fourth-order valence-electron chi connectivity index (χ4n) is 1.71. The Morgan fingerprint density at radius 1 is 1.16 bits per heavy atom. The number of hydrogen-bond donors (Lipinski definition) is 3. The molecule has 5 heteroatoms. The van der Waals surface area contributed by atoms with Crippen LogP contribution in [-0.2, 0) is 0 Å². The molecule has 0 saturated heterocycles. The van der Waals surface area contributed by atoms with Gasteiger partial charge in [-0.15, -0.1) is 0 Å². The fraction of sp³-hybridized carbons (Fsp3) is 0.0714. The third kappa shape index (κ3) is 2.98. The Balaban J connectivity index is 2.41. The van der Waals surface area contributed by atoms with Gasteiger partial charge in [0.1, 0.15) is 0 Å². The van der Waals surface area contributed by atoms with Crippen molar-refractivity contribution >= 4 is 34.6 Å². The Morgan fingerprint density at radius 3 is 2.58 bits per heavy atom. The summed E-state index contributed by atoms with van der Waals surface area (Å²) in [5.74, 6) is -0.186. The van der Waals surface area contributed by atoms with Gasteiger partial charge in [0.25, 0.3) is 5.91 Å². The summed E-state index contributed by atoms with van der Waals surface area (Å²) in [6, 6.07) is 12.4. The molecule has 1 amide bonds. The van der Waals surface area contributed by atoms with Gasteiger partial charge in [-0.05, 0) is 30.3 Å². The molecule has 2 aromatic carbocycles. The highest BCUT2D eigenvalue weighted by atomic mass is 35.5. The molecule has 4 N–H and O–H groups in total. The zero-order valence-electron chi connectivity index (χ0n) is 10.4. The lowest BCUT2D eigenvalue weighted by atomic mass is 10.1. The standard InChI is InChI=1S/C14H14ClN3O/c1-17-14(19)10-7-6-9(16)8-13(10)18-12-5-3-2-4-11(12)15/h2-8,18H,16H2,1H3,(H,17,19). The maximum absolute atomic E-state index is 11.8. The SMILES string of the molecule is CNC(=O)c1ccc(N)cc1Nc1ccccc1Cl. The Kier molecular flexibility index (Phi) is 3.92. The first-order valence-corrected chi connectivity index (χ1v) is 6.13. The monoisotopic (exact) mass is 275 g/mol. The Morgan fingerprint density at radius 2 is 1.89 bits per heavy atom. The van der Waals surface area contributed by atoms with Crippen LogP contribution < -0.4 is 16.4 Å². The van der Waals surface area contributed by atoms with E-state index in [2.05, 4.69) is 10.6 Å².